The van der Waals surface area contributed by atoms with Crippen molar-refractivity contribution in [1.82, 2.24) is 0 Å². The van der Waals surface area contributed by atoms with E-state index in [0.717, 1.165) is 30.6 Å². The van der Waals surface area contributed by atoms with Crippen LogP contribution in [0.2, 0.25) is 0 Å². The van der Waals surface area contributed by atoms with E-state index in [-0.39, 0.29) is 5.92 Å². The lowest BCUT2D eigenvalue weighted by molar-refractivity contribution is -0.122. The van der Waals surface area contributed by atoms with E-state index in [9.17, 15) is 4.79 Å². The first-order valence-corrected chi connectivity index (χ1v) is 7.03. The van der Waals surface area contributed by atoms with Crippen LogP contribution in [0, 0.1) is 23.7 Å². The van der Waals surface area contributed by atoms with Gasteiger partial charge in [-0.25, -0.2) is 0 Å². The standard InChI is InChI=1S/C15H28O/c1-11(2)14-8-5-13(6-9-14)7-10-15(16)12(3)4/h11-14H,5-10H2,1-4H3. The molecular weight excluding hydrogens is 196 g/mol. The Balaban J connectivity index is 2.20. The quantitative estimate of drug-likeness (QED) is 0.674. The van der Waals surface area contributed by atoms with Crippen LogP contribution in [-0.2, 0) is 4.79 Å². The van der Waals surface area contributed by atoms with Gasteiger partial charge in [-0.15, -0.1) is 0 Å². The second-order valence-electron chi connectivity index (χ2n) is 6.18. The smallest absolute Gasteiger partial charge is 0.135 e. The number of Topliss-reactive ketones (excluding diaryl/α,β-unsaturated/α-hetero) is 1. The fraction of sp³-hybridized carbons (Fsp3) is 0.933. The largest absolute Gasteiger partial charge is 0.299 e. The Kier molecular flexibility index (Phi) is 5.51. The Bertz CT molecular complexity index is 209. The molecule has 94 valence electrons. The van der Waals surface area contributed by atoms with Crippen molar-refractivity contribution in [3.63, 3.8) is 0 Å². The van der Waals surface area contributed by atoms with Gasteiger partial charge in [-0.1, -0.05) is 40.5 Å². The first-order chi connectivity index (χ1) is 7.50. The highest BCUT2D eigenvalue weighted by Crippen LogP contribution is 2.35. The summed E-state index contributed by atoms with van der Waals surface area (Å²) in [7, 11) is 0. The molecule has 1 fully saturated rings. The molecule has 0 aromatic carbocycles. The zero-order valence-corrected chi connectivity index (χ0v) is 11.5. The number of ketones is 1. The summed E-state index contributed by atoms with van der Waals surface area (Å²) >= 11 is 0. The van der Waals surface area contributed by atoms with Gasteiger partial charge in [-0.2, -0.15) is 0 Å². The van der Waals surface area contributed by atoms with Gasteiger partial charge >= 0.3 is 0 Å². The molecule has 0 aromatic rings. The topological polar surface area (TPSA) is 17.1 Å². The lowest BCUT2D eigenvalue weighted by atomic mass is 9.75. The molecule has 0 spiro atoms. The van der Waals surface area contributed by atoms with Gasteiger partial charge in [0.2, 0.25) is 0 Å². The molecule has 1 saturated carbocycles. The van der Waals surface area contributed by atoms with Crippen LogP contribution in [0.25, 0.3) is 0 Å². The van der Waals surface area contributed by atoms with Gasteiger partial charge in [-0.3, -0.25) is 4.79 Å². The van der Waals surface area contributed by atoms with Gasteiger partial charge in [0.1, 0.15) is 5.78 Å². The molecule has 0 radical (unpaired) electrons. The number of carbonyl (C=O) groups is 1. The maximum absolute atomic E-state index is 11.6. The van der Waals surface area contributed by atoms with Crippen LogP contribution >= 0.6 is 0 Å². The summed E-state index contributed by atoms with van der Waals surface area (Å²) in [5, 5.41) is 0. The number of rotatable bonds is 5. The fourth-order valence-electron chi connectivity index (χ4n) is 2.78. The first-order valence-electron chi connectivity index (χ1n) is 7.03. The molecule has 0 atom stereocenters. The Morgan fingerprint density at radius 2 is 1.62 bits per heavy atom. The van der Waals surface area contributed by atoms with Crippen molar-refractivity contribution < 1.29 is 4.79 Å². The van der Waals surface area contributed by atoms with E-state index >= 15 is 0 Å². The van der Waals surface area contributed by atoms with Crippen molar-refractivity contribution in [1.29, 1.82) is 0 Å². The van der Waals surface area contributed by atoms with Gasteiger partial charge in [0.25, 0.3) is 0 Å². The van der Waals surface area contributed by atoms with E-state index in [1.54, 1.807) is 0 Å². The normalized spacial score (nSPS) is 26.4. The summed E-state index contributed by atoms with van der Waals surface area (Å²) in [6, 6.07) is 0. The van der Waals surface area contributed by atoms with E-state index in [0.29, 0.717) is 5.78 Å². The van der Waals surface area contributed by atoms with Crippen LogP contribution in [-0.4, -0.2) is 5.78 Å². The monoisotopic (exact) mass is 224 g/mol. The molecule has 0 aliphatic heterocycles. The molecule has 0 N–H and O–H groups in total. The molecule has 1 heteroatoms. The third-order valence-corrected chi connectivity index (χ3v) is 4.28. The van der Waals surface area contributed by atoms with Gasteiger partial charge < -0.3 is 0 Å². The molecule has 1 nitrogen and oxygen atoms in total. The molecule has 1 rings (SSSR count). The number of hydrogen-bond donors (Lipinski definition) is 0. The first kappa shape index (κ1) is 13.7. The minimum Gasteiger partial charge on any atom is -0.299 e. The Hall–Kier alpha value is -0.330. The number of hydrogen-bond acceptors (Lipinski definition) is 1. The van der Waals surface area contributed by atoms with Gasteiger partial charge in [0.15, 0.2) is 0 Å². The van der Waals surface area contributed by atoms with Crippen LogP contribution in [0.4, 0.5) is 0 Å². The Morgan fingerprint density at radius 1 is 1.06 bits per heavy atom. The van der Waals surface area contributed by atoms with Crippen molar-refractivity contribution in [3.05, 3.63) is 0 Å². The maximum atomic E-state index is 11.6. The minimum atomic E-state index is 0.229. The zero-order chi connectivity index (χ0) is 12.1. The van der Waals surface area contributed by atoms with E-state index in [4.69, 9.17) is 0 Å². The molecular formula is C15H28O. The van der Waals surface area contributed by atoms with E-state index in [1.165, 1.54) is 25.7 Å². The Morgan fingerprint density at radius 3 is 2.06 bits per heavy atom. The molecule has 0 unspecified atom stereocenters. The Labute approximate surface area is 101 Å². The van der Waals surface area contributed by atoms with Crippen LogP contribution in [0.15, 0.2) is 0 Å². The fourth-order valence-corrected chi connectivity index (χ4v) is 2.78. The highest BCUT2D eigenvalue weighted by atomic mass is 16.1. The molecule has 0 bridgehead atoms. The van der Waals surface area contributed by atoms with Crippen molar-refractivity contribution in [3.8, 4) is 0 Å². The highest BCUT2D eigenvalue weighted by molar-refractivity contribution is 5.80. The predicted molar refractivity (Wildman–Crippen MR) is 69.4 cm³/mol. The average Bonchev–Trinajstić information content (AvgIpc) is 2.26. The van der Waals surface area contributed by atoms with Crippen molar-refractivity contribution in [2.45, 2.75) is 66.2 Å². The zero-order valence-electron chi connectivity index (χ0n) is 11.5. The van der Waals surface area contributed by atoms with E-state index < -0.39 is 0 Å². The van der Waals surface area contributed by atoms with Crippen molar-refractivity contribution >= 4 is 5.78 Å². The van der Waals surface area contributed by atoms with Crippen LogP contribution in [0.1, 0.15) is 66.2 Å². The highest BCUT2D eigenvalue weighted by Gasteiger charge is 2.23. The van der Waals surface area contributed by atoms with Crippen LogP contribution in [0.5, 0.6) is 0 Å². The van der Waals surface area contributed by atoms with Crippen molar-refractivity contribution in [2.24, 2.45) is 23.7 Å². The van der Waals surface area contributed by atoms with Crippen LogP contribution < -0.4 is 0 Å². The molecule has 1 aliphatic carbocycles. The predicted octanol–water partition coefficient (Wildman–Crippen LogP) is 4.45. The second-order valence-corrected chi connectivity index (χ2v) is 6.18. The summed E-state index contributed by atoms with van der Waals surface area (Å²) in [6.07, 6.45) is 7.44. The maximum Gasteiger partial charge on any atom is 0.135 e. The number of carbonyl (C=O) groups excluding carboxylic acids is 1. The summed E-state index contributed by atoms with van der Waals surface area (Å²) in [6.45, 7) is 8.70. The summed E-state index contributed by atoms with van der Waals surface area (Å²) < 4.78 is 0. The molecule has 0 heterocycles. The van der Waals surface area contributed by atoms with Gasteiger partial charge in [-0.05, 0) is 37.0 Å². The van der Waals surface area contributed by atoms with Gasteiger partial charge in [0, 0.05) is 12.3 Å². The third kappa shape index (κ3) is 4.27. The molecule has 16 heavy (non-hydrogen) atoms. The van der Waals surface area contributed by atoms with Crippen molar-refractivity contribution in [2.75, 3.05) is 0 Å². The molecule has 0 amide bonds. The third-order valence-electron chi connectivity index (χ3n) is 4.28. The average molecular weight is 224 g/mol. The van der Waals surface area contributed by atoms with Gasteiger partial charge in [0.05, 0.1) is 0 Å². The molecule has 0 aromatic heterocycles. The molecule has 1 aliphatic rings. The van der Waals surface area contributed by atoms with E-state index in [1.807, 2.05) is 13.8 Å². The summed E-state index contributed by atoms with van der Waals surface area (Å²) in [4.78, 5) is 11.6. The lowest BCUT2D eigenvalue weighted by Gasteiger charge is -2.30. The van der Waals surface area contributed by atoms with E-state index in [2.05, 4.69) is 13.8 Å². The second kappa shape index (κ2) is 6.42. The summed E-state index contributed by atoms with van der Waals surface area (Å²) in [5.41, 5.74) is 0. The molecule has 0 saturated heterocycles. The minimum absolute atomic E-state index is 0.229. The summed E-state index contributed by atoms with van der Waals surface area (Å²) in [5.74, 6) is 3.30. The lowest BCUT2D eigenvalue weighted by Crippen LogP contribution is -2.19. The van der Waals surface area contributed by atoms with Crippen LogP contribution in [0.3, 0.4) is 0 Å². The SMILES string of the molecule is CC(C)C(=O)CCC1CCC(C(C)C)CC1.